The molecule has 2 bridgehead atoms. The molecule has 22 heavy (non-hydrogen) atoms. The molecule has 2 aliphatic carbocycles. The second-order valence-electron chi connectivity index (χ2n) is 8.74. The first-order valence-electron chi connectivity index (χ1n) is 8.32. The predicted octanol–water partition coefficient (Wildman–Crippen LogP) is 2.24. The van der Waals surface area contributed by atoms with Gasteiger partial charge in [0.15, 0.2) is 0 Å². The van der Waals surface area contributed by atoms with E-state index in [4.69, 9.17) is 14.2 Å². The molecule has 3 heterocycles. The summed E-state index contributed by atoms with van der Waals surface area (Å²) in [6.07, 6.45) is 2.03. The maximum absolute atomic E-state index is 12.8. The SMILES string of the molecule is C[C@@H]1CC[C@]23[C@@H]4C(=O)O[C@@]2(C1)O[C@H]1OC(=O)[C@@H]4[C@@]1(C)C3(C)C. The van der Waals surface area contributed by atoms with E-state index in [2.05, 4.69) is 27.7 Å². The van der Waals surface area contributed by atoms with E-state index in [1.54, 1.807) is 0 Å². The number of ether oxygens (including phenoxy) is 3. The van der Waals surface area contributed by atoms with Gasteiger partial charge in [-0.2, -0.15) is 0 Å². The first-order valence-corrected chi connectivity index (χ1v) is 8.32. The molecule has 5 fully saturated rings. The highest BCUT2D eigenvalue weighted by molar-refractivity contribution is 5.89. The summed E-state index contributed by atoms with van der Waals surface area (Å²) in [6, 6.07) is 0. The smallest absolute Gasteiger partial charge is 0.313 e. The summed E-state index contributed by atoms with van der Waals surface area (Å²) in [5.74, 6) is -1.86. The lowest BCUT2D eigenvalue weighted by atomic mass is 9.48. The number of hydrogen-bond acceptors (Lipinski definition) is 5. The lowest BCUT2D eigenvalue weighted by molar-refractivity contribution is -0.400. The first-order chi connectivity index (χ1) is 10.2. The highest BCUT2D eigenvalue weighted by atomic mass is 16.8. The summed E-state index contributed by atoms with van der Waals surface area (Å²) in [4.78, 5) is 25.3. The normalized spacial score (nSPS) is 60.0. The Kier molecular flexibility index (Phi) is 1.96. The first kappa shape index (κ1) is 13.3. The van der Waals surface area contributed by atoms with Gasteiger partial charge in [-0.15, -0.1) is 0 Å². The molecule has 0 unspecified atom stereocenters. The van der Waals surface area contributed by atoms with E-state index >= 15 is 0 Å². The molecule has 0 aromatic rings. The van der Waals surface area contributed by atoms with Crippen LogP contribution >= 0.6 is 0 Å². The van der Waals surface area contributed by atoms with Crippen LogP contribution in [-0.2, 0) is 23.8 Å². The Hall–Kier alpha value is -1.10. The van der Waals surface area contributed by atoms with Crippen molar-refractivity contribution in [2.75, 3.05) is 0 Å². The molecular formula is C17H22O5. The molecule has 5 rings (SSSR count). The molecule has 5 heteroatoms. The summed E-state index contributed by atoms with van der Waals surface area (Å²) in [7, 11) is 0. The van der Waals surface area contributed by atoms with Crippen molar-refractivity contribution in [1.82, 2.24) is 0 Å². The van der Waals surface area contributed by atoms with Crippen molar-refractivity contribution in [2.45, 2.75) is 59.0 Å². The Morgan fingerprint density at radius 1 is 1.09 bits per heavy atom. The fraction of sp³-hybridized carbons (Fsp3) is 0.882. The van der Waals surface area contributed by atoms with Crippen LogP contribution in [0.1, 0.15) is 47.0 Å². The lowest BCUT2D eigenvalue weighted by Gasteiger charge is -2.62. The van der Waals surface area contributed by atoms with Crippen molar-refractivity contribution >= 4 is 11.9 Å². The van der Waals surface area contributed by atoms with E-state index in [9.17, 15) is 9.59 Å². The van der Waals surface area contributed by atoms with Crippen molar-refractivity contribution in [3.63, 3.8) is 0 Å². The van der Waals surface area contributed by atoms with E-state index in [1.165, 1.54) is 0 Å². The second-order valence-corrected chi connectivity index (χ2v) is 8.74. The van der Waals surface area contributed by atoms with Crippen molar-refractivity contribution in [3.05, 3.63) is 0 Å². The monoisotopic (exact) mass is 306 g/mol. The third kappa shape index (κ3) is 0.925. The van der Waals surface area contributed by atoms with Crippen molar-refractivity contribution < 1.29 is 23.8 Å². The molecule has 5 nitrogen and oxygen atoms in total. The topological polar surface area (TPSA) is 61.8 Å². The predicted molar refractivity (Wildman–Crippen MR) is 74.1 cm³/mol. The zero-order valence-corrected chi connectivity index (χ0v) is 13.5. The minimum Gasteiger partial charge on any atom is -0.435 e. The van der Waals surface area contributed by atoms with Crippen molar-refractivity contribution in [3.8, 4) is 0 Å². The Labute approximate surface area is 129 Å². The van der Waals surface area contributed by atoms with E-state index in [-0.39, 0.29) is 17.4 Å². The molecule has 0 N–H and O–H groups in total. The second kappa shape index (κ2) is 3.23. The van der Waals surface area contributed by atoms with Gasteiger partial charge in [0.1, 0.15) is 0 Å². The van der Waals surface area contributed by atoms with Gasteiger partial charge < -0.3 is 9.47 Å². The van der Waals surface area contributed by atoms with Crippen LogP contribution in [0.15, 0.2) is 0 Å². The number of hydrogen-bond donors (Lipinski definition) is 0. The largest absolute Gasteiger partial charge is 0.435 e. The third-order valence-corrected chi connectivity index (χ3v) is 8.08. The summed E-state index contributed by atoms with van der Waals surface area (Å²) in [5.41, 5.74) is -1.12. The van der Waals surface area contributed by atoms with Crippen molar-refractivity contribution in [2.24, 2.45) is 34.0 Å². The highest BCUT2D eigenvalue weighted by Crippen LogP contribution is 2.83. The number of rotatable bonds is 0. The van der Waals surface area contributed by atoms with E-state index in [0.29, 0.717) is 12.3 Å². The summed E-state index contributed by atoms with van der Waals surface area (Å²) < 4.78 is 17.8. The Morgan fingerprint density at radius 3 is 2.55 bits per heavy atom. The van der Waals surface area contributed by atoms with Crippen LogP contribution in [-0.4, -0.2) is 24.0 Å². The molecule has 3 saturated heterocycles. The Balaban J connectivity index is 1.85. The molecule has 3 aliphatic heterocycles. The molecule has 1 spiro atoms. The summed E-state index contributed by atoms with van der Waals surface area (Å²) in [6.45, 7) is 8.61. The average Bonchev–Trinajstić information content (AvgIpc) is 2.84. The maximum atomic E-state index is 12.8. The number of carbonyl (C=O) groups is 2. The number of fused-ring (bicyclic) bond motifs is 1. The van der Waals surface area contributed by atoms with E-state index in [0.717, 1.165) is 12.8 Å². The van der Waals surface area contributed by atoms with Crippen LogP contribution in [0.3, 0.4) is 0 Å². The van der Waals surface area contributed by atoms with Crippen LogP contribution in [0.25, 0.3) is 0 Å². The van der Waals surface area contributed by atoms with Crippen LogP contribution < -0.4 is 0 Å². The lowest BCUT2D eigenvalue weighted by Crippen LogP contribution is -2.67. The number of carbonyl (C=O) groups excluding carboxylic acids is 2. The van der Waals surface area contributed by atoms with E-state index < -0.39 is 34.7 Å². The summed E-state index contributed by atoms with van der Waals surface area (Å²) in [5, 5.41) is 0. The van der Waals surface area contributed by atoms with Crippen molar-refractivity contribution in [1.29, 1.82) is 0 Å². The summed E-state index contributed by atoms with van der Waals surface area (Å²) >= 11 is 0. The third-order valence-electron chi connectivity index (χ3n) is 8.08. The molecule has 0 amide bonds. The zero-order chi connectivity index (χ0) is 15.7. The highest BCUT2D eigenvalue weighted by Gasteiger charge is 2.92. The quantitative estimate of drug-likeness (QED) is 0.642. The molecule has 5 aliphatic rings. The minimum absolute atomic E-state index is 0.253. The molecular weight excluding hydrogens is 284 g/mol. The van der Waals surface area contributed by atoms with Gasteiger partial charge in [-0.25, -0.2) is 0 Å². The average molecular weight is 306 g/mol. The Bertz CT molecular complexity index is 627. The van der Waals surface area contributed by atoms with Crippen LogP contribution in [0.2, 0.25) is 0 Å². The molecule has 120 valence electrons. The standard InChI is InChI=1S/C17H22O5/c1-8-5-6-16-10-9-11(18)20-13(15(9,4)14(16,2)3)22-17(16,7-8)21-12(10)19/h8-10,13H,5-7H2,1-4H3/t8-,9-,10+,13-,15-,16-,17+/m1/s1. The molecule has 7 atom stereocenters. The van der Waals surface area contributed by atoms with Gasteiger partial charge in [0.05, 0.1) is 22.7 Å². The van der Waals surface area contributed by atoms with Gasteiger partial charge in [-0.3, -0.25) is 14.3 Å². The zero-order valence-electron chi connectivity index (χ0n) is 13.5. The fourth-order valence-corrected chi connectivity index (χ4v) is 6.79. The van der Waals surface area contributed by atoms with Crippen LogP contribution in [0, 0.1) is 34.0 Å². The number of esters is 2. The fourth-order valence-electron chi connectivity index (χ4n) is 6.79. The van der Waals surface area contributed by atoms with Gasteiger partial charge in [0, 0.05) is 6.42 Å². The Morgan fingerprint density at radius 2 is 1.82 bits per heavy atom. The van der Waals surface area contributed by atoms with Gasteiger partial charge in [-0.05, 0) is 24.2 Å². The van der Waals surface area contributed by atoms with E-state index in [1.807, 2.05) is 0 Å². The molecule has 0 aromatic heterocycles. The van der Waals surface area contributed by atoms with Crippen LogP contribution in [0.4, 0.5) is 0 Å². The molecule has 0 aromatic carbocycles. The maximum Gasteiger partial charge on any atom is 0.313 e. The molecule has 2 saturated carbocycles. The van der Waals surface area contributed by atoms with Gasteiger partial charge in [0.25, 0.3) is 0 Å². The minimum atomic E-state index is -0.907. The van der Waals surface area contributed by atoms with Crippen LogP contribution in [0.5, 0.6) is 0 Å². The van der Waals surface area contributed by atoms with Gasteiger partial charge in [0.2, 0.25) is 12.1 Å². The molecule has 0 radical (unpaired) electrons. The van der Waals surface area contributed by atoms with Gasteiger partial charge in [-0.1, -0.05) is 27.7 Å². The van der Waals surface area contributed by atoms with Gasteiger partial charge >= 0.3 is 11.9 Å².